The number of amides is 1. The van der Waals surface area contributed by atoms with E-state index in [1.165, 1.54) is 12.1 Å². The maximum Gasteiger partial charge on any atom is 0.416 e. The standard InChI is InChI=1S/C19H22F3N3O2/c1-13(2)27-11-16-17-10-24(8-3-9-25(17)12-23-16)18(26)14-4-6-15(7-5-14)19(20,21)22/h4-7,12-13H,3,8-11H2,1-2H3. The molecule has 1 aliphatic heterocycles. The molecule has 0 N–H and O–H groups in total. The number of halogens is 3. The summed E-state index contributed by atoms with van der Waals surface area (Å²) in [5.41, 5.74) is 1.18. The van der Waals surface area contributed by atoms with E-state index in [0.29, 0.717) is 19.7 Å². The number of aromatic nitrogens is 2. The fourth-order valence-corrected chi connectivity index (χ4v) is 3.04. The lowest BCUT2D eigenvalue weighted by Crippen LogP contribution is -2.31. The molecule has 2 heterocycles. The van der Waals surface area contributed by atoms with Gasteiger partial charge < -0.3 is 14.2 Å². The lowest BCUT2D eigenvalue weighted by atomic mass is 10.1. The summed E-state index contributed by atoms with van der Waals surface area (Å²) in [6, 6.07) is 4.35. The lowest BCUT2D eigenvalue weighted by molar-refractivity contribution is -0.137. The second kappa shape index (κ2) is 7.72. The number of imidazole rings is 1. The Morgan fingerprint density at radius 2 is 1.93 bits per heavy atom. The van der Waals surface area contributed by atoms with Crippen molar-refractivity contribution in [3.8, 4) is 0 Å². The SMILES string of the molecule is CC(C)OCc1ncn2c1CN(C(=O)c1ccc(C(F)(F)F)cc1)CCC2. The number of rotatable bonds is 4. The van der Waals surface area contributed by atoms with Crippen molar-refractivity contribution in [3.63, 3.8) is 0 Å². The number of hydrogen-bond donors (Lipinski definition) is 0. The quantitative estimate of drug-likeness (QED) is 0.808. The fourth-order valence-electron chi connectivity index (χ4n) is 3.04. The highest BCUT2D eigenvalue weighted by molar-refractivity contribution is 5.94. The molecule has 1 aromatic carbocycles. The number of ether oxygens (including phenoxy) is 1. The Balaban J connectivity index is 1.77. The van der Waals surface area contributed by atoms with Gasteiger partial charge in [0.2, 0.25) is 0 Å². The van der Waals surface area contributed by atoms with Crippen LogP contribution in [0, 0.1) is 0 Å². The number of carbonyl (C=O) groups excluding carboxylic acids is 1. The van der Waals surface area contributed by atoms with E-state index in [0.717, 1.165) is 36.5 Å². The highest BCUT2D eigenvalue weighted by Crippen LogP contribution is 2.29. The van der Waals surface area contributed by atoms with E-state index in [1.807, 2.05) is 18.4 Å². The Morgan fingerprint density at radius 1 is 1.22 bits per heavy atom. The highest BCUT2D eigenvalue weighted by atomic mass is 19.4. The van der Waals surface area contributed by atoms with Crippen molar-refractivity contribution in [2.45, 2.75) is 52.2 Å². The Morgan fingerprint density at radius 3 is 2.56 bits per heavy atom. The Bertz CT molecular complexity index is 798. The van der Waals surface area contributed by atoms with Crippen molar-refractivity contribution < 1.29 is 22.7 Å². The minimum Gasteiger partial charge on any atom is -0.372 e. The van der Waals surface area contributed by atoms with Gasteiger partial charge in [-0.2, -0.15) is 13.2 Å². The van der Waals surface area contributed by atoms with Gasteiger partial charge in [-0.05, 0) is 44.5 Å². The van der Waals surface area contributed by atoms with Crippen LogP contribution in [0.1, 0.15) is 47.6 Å². The third-order valence-electron chi connectivity index (χ3n) is 4.50. The third kappa shape index (κ3) is 4.50. The normalized spacial score (nSPS) is 15.0. The number of fused-ring (bicyclic) bond motifs is 1. The van der Waals surface area contributed by atoms with E-state index in [2.05, 4.69) is 4.98 Å². The summed E-state index contributed by atoms with van der Waals surface area (Å²) in [4.78, 5) is 18.9. The molecular formula is C19H22F3N3O2. The number of hydrogen-bond acceptors (Lipinski definition) is 3. The Hall–Kier alpha value is -2.35. The van der Waals surface area contributed by atoms with Crippen molar-refractivity contribution in [2.75, 3.05) is 6.54 Å². The first-order chi connectivity index (χ1) is 12.8. The summed E-state index contributed by atoms with van der Waals surface area (Å²) < 4.78 is 45.8. The monoisotopic (exact) mass is 381 g/mol. The molecule has 0 radical (unpaired) electrons. The average molecular weight is 381 g/mol. The first-order valence-electron chi connectivity index (χ1n) is 8.86. The van der Waals surface area contributed by atoms with Gasteiger partial charge in [-0.15, -0.1) is 0 Å². The molecular weight excluding hydrogens is 359 g/mol. The minimum absolute atomic E-state index is 0.0676. The molecule has 0 atom stereocenters. The second-order valence-corrected chi connectivity index (χ2v) is 6.85. The van der Waals surface area contributed by atoms with Crippen LogP contribution in [-0.4, -0.2) is 33.0 Å². The van der Waals surface area contributed by atoms with Gasteiger partial charge >= 0.3 is 6.18 Å². The lowest BCUT2D eigenvalue weighted by Gasteiger charge is -2.21. The topological polar surface area (TPSA) is 47.4 Å². The van der Waals surface area contributed by atoms with E-state index in [4.69, 9.17) is 4.74 Å². The maximum absolute atomic E-state index is 12.8. The van der Waals surface area contributed by atoms with Crippen LogP contribution in [-0.2, 0) is 30.6 Å². The molecule has 1 aliphatic rings. The zero-order valence-corrected chi connectivity index (χ0v) is 15.3. The van der Waals surface area contributed by atoms with E-state index >= 15 is 0 Å². The Labute approximate surface area is 155 Å². The summed E-state index contributed by atoms with van der Waals surface area (Å²) in [5, 5.41) is 0. The van der Waals surface area contributed by atoms with Crippen LogP contribution in [0.2, 0.25) is 0 Å². The number of benzene rings is 1. The molecule has 0 spiro atoms. The zero-order chi connectivity index (χ0) is 19.6. The van der Waals surface area contributed by atoms with Crippen molar-refractivity contribution in [3.05, 3.63) is 53.1 Å². The molecule has 0 aliphatic carbocycles. The zero-order valence-electron chi connectivity index (χ0n) is 15.3. The number of aryl methyl sites for hydroxylation is 1. The van der Waals surface area contributed by atoms with Gasteiger partial charge in [0.15, 0.2) is 0 Å². The molecule has 5 nitrogen and oxygen atoms in total. The van der Waals surface area contributed by atoms with E-state index in [1.54, 1.807) is 11.2 Å². The van der Waals surface area contributed by atoms with Gasteiger partial charge in [0.1, 0.15) is 0 Å². The first kappa shape index (κ1) is 19.4. The molecule has 8 heteroatoms. The maximum atomic E-state index is 12.8. The summed E-state index contributed by atoms with van der Waals surface area (Å²) in [5.74, 6) is -0.283. The first-order valence-corrected chi connectivity index (χ1v) is 8.86. The predicted molar refractivity (Wildman–Crippen MR) is 93.0 cm³/mol. The fraction of sp³-hybridized carbons (Fsp3) is 0.474. The van der Waals surface area contributed by atoms with Gasteiger partial charge in [0.25, 0.3) is 5.91 Å². The molecule has 0 fully saturated rings. The molecule has 1 amide bonds. The largest absolute Gasteiger partial charge is 0.416 e. The molecule has 2 aromatic rings. The number of alkyl halides is 3. The third-order valence-corrected chi connectivity index (χ3v) is 4.50. The van der Waals surface area contributed by atoms with Gasteiger partial charge in [0, 0.05) is 18.7 Å². The van der Waals surface area contributed by atoms with Crippen molar-refractivity contribution in [2.24, 2.45) is 0 Å². The van der Waals surface area contributed by atoms with Gasteiger partial charge in [-0.25, -0.2) is 4.98 Å². The van der Waals surface area contributed by atoms with Crippen molar-refractivity contribution in [1.82, 2.24) is 14.5 Å². The van der Waals surface area contributed by atoms with Crippen LogP contribution in [0.15, 0.2) is 30.6 Å². The highest BCUT2D eigenvalue weighted by Gasteiger charge is 2.30. The molecule has 0 unspecified atom stereocenters. The second-order valence-electron chi connectivity index (χ2n) is 6.85. The molecule has 146 valence electrons. The van der Waals surface area contributed by atoms with Crippen LogP contribution < -0.4 is 0 Å². The summed E-state index contributed by atoms with van der Waals surface area (Å²) >= 11 is 0. The molecule has 27 heavy (non-hydrogen) atoms. The summed E-state index contributed by atoms with van der Waals surface area (Å²) in [7, 11) is 0. The minimum atomic E-state index is -4.41. The van der Waals surface area contributed by atoms with Crippen LogP contribution in [0.5, 0.6) is 0 Å². The van der Waals surface area contributed by atoms with Crippen LogP contribution >= 0.6 is 0 Å². The van der Waals surface area contributed by atoms with E-state index in [-0.39, 0.29) is 17.6 Å². The summed E-state index contributed by atoms with van der Waals surface area (Å²) in [6.07, 6.45) is -1.85. The average Bonchev–Trinajstić information content (AvgIpc) is 2.86. The number of nitrogens with zero attached hydrogens (tertiary/aromatic N) is 3. The van der Waals surface area contributed by atoms with Gasteiger partial charge in [-0.1, -0.05) is 0 Å². The molecule has 0 saturated carbocycles. The smallest absolute Gasteiger partial charge is 0.372 e. The van der Waals surface area contributed by atoms with E-state index < -0.39 is 11.7 Å². The molecule has 0 bridgehead atoms. The molecule has 1 aromatic heterocycles. The predicted octanol–water partition coefficient (Wildman–Crippen LogP) is 3.87. The van der Waals surface area contributed by atoms with Crippen molar-refractivity contribution in [1.29, 1.82) is 0 Å². The van der Waals surface area contributed by atoms with E-state index in [9.17, 15) is 18.0 Å². The molecule has 3 rings (SSSR count). The number of carbonyl (C=O) groups is 1. The van der Waals surface area contributed by atoms with Gasteiger partial charge in [-0.3, -0.25) is 4.79 Å². The van der Waals surface area contributed by atoms with Crippen LogP contribution in [0.4, 0.5) is 13.2 Å². The summed E-state index contributed by atoms with van der Waals surface area (Å²) in [6.45, 7) is 5.87. The van der Waals surface area contributed by atoms with Gasteiger partial charge in [0.05, 0.1) is 42.5 Å². The van der Waals surface area contributed by atoms with Crippen molar-refractivity contribution >= 4 is 5.91 Å². The Kier molecular flexibility index (Phi) is 5.55. The van der Waals surface area contributed by atoms with Crippen LogP contribution in [0.25, 0.3) is 0 Å². The van der Waals surface area contributed by atoms with Crippen LogP contribution in [0.3, 0.4) is 0 Å². The molecule has 0 saturated heterocycles.